The average Bonchev–Trinajstić information content (AvgIpc) is 2.17. The van der Waals surface area contributed by atoms with Gasteiger partial charge in [-0.15, -0.1) is 0 Å². The summed E-state index contributed by atoms with van der Waals surface area (Å²) >= 11 is 0. The van der Waals surface area contributed by atoms with Crippen LogP contribution in [-0.4, -0.2) is 23.1 Å². The zero-order chi connectivity index (χ0) is 12.2. The summed E-state index contributed by atoms with van der Waals surface area (Å²) in [5.74, 6) is 0.734. The molecule has 1 aromatic rings. The number of hydrogen-bond acceptors (Lipinski definition) is 4. The van der Waals surface area contributed by atoms with Crippen molar-refractivity contribution in [2.75, 3.05) is 13.2 Å². The van der Waals surface area contributed by atoms with Gasteiger partial charge in [0.1, 0.15) is 5.60 Å². The first-order valence-corrected chi connectivity index (χ1v) is 5.68. The summed E-state index contributed by atoms with van der Waals surface area (Å²) in [7, 11) is 0. The Labute approximate surface area is 97.2 Å². The van der Waals surface area contributed by atoms with Gasteiger partial charge in [0.25, 0.3) is 0 Å². The fourth-order valence-electron chi connectivity index (χ4n) is 1.60. The second kappa shape index (κ2) is 5.37. The third-order valence-electron chi connectivity index (χ3n) is 2.35. The van der Waals surface area contributed by atoms with Crippen LogP contribution in [0.25, 0.3) is 0 Å². The standard InChI is InChI=1S/C12H21N3O/c1-5-16-12(3,4)11-14-9(2)8-10(15-11)6-7-13/h8H,5-7,13H2,1-4H3. The minimum atomic E-state index is -0.440. The molecule has 0 aliphatic heterocycles. The van der Waals surface area contributed by atoms with E-state index in [-0.39, 0.29) is 0 Å². The van der Waals surface area contributed by atoms with Gasteiger partial charge in [-0.05, 0) is 40.3 Å². The Morgan fingerprint density at radius 1 is 1.38 bits per heavy atom. The summed E-state index contributed by atoms with van der Waals surface area (Å²) in [6.07, 6.45) is 0.776. The molecule has 0 radical (unpaired) electrons. The molecule has 0 unspecified atom stereocenters. The van der Waals surface area contributed by atoms with Crippen LogP contribution in [0.5, 0.6) is 0 Å². The van der Waals surface area contributed by atoms with Gasteiger partial charge in [0.05, 0.1) is 0 Å². The van der Waals surface area contributed by atoms with Gasteiger partial charge in [-0.3, -0.25) is 0 Å². The fourth-order valence-corrected chi connectivity index (χ4v) is 1.60. The van der Waals surface area contributed by atoms with Crippen LogP contribution in [0.1, 0.15) is 38.0 Å². The molecular formula is C12H21N3O. The fraction of sp³-hybridized carbons (Fsp3) is 0.667. The van der Waals surface area contributed by atoms with Crippen molar-refractivity contribution in [2.24, 2.45) is 5.73 Å². The zero-order valence-corrected chi connectivity index (χ0v) is 10.6. The number of aryl methyl sites for hydroxylation is 1. The Kier molecular flexibility index (Phi) is 4.38. The zero-order valence-electron chi connectivity index (χ0n) is 10.6. The van der Waals surface area contributed by atoms with Gasteiger partial charge < -0.3 is 10.5 Å². The maximum absolute atomic E-state index is 5.65. The maximum Gasteiger partial charge on any atom is 0.160 e. The average molecular weight is 223 g/mol. The summed E-state index contributed by atoms with van der Waals surface area (Å²) < 4.78 is 5.65. The molecule has 1 heterocycles. The predicted octanol–water partition coefficient (Wildman–Crippen LogP) is 1.56. The highest BCUT2D eigenvalue weighted by atomic mass is 16.5. The van der Waals surface area contributed by atoms with Crippen LogP contribution in [0.3, 0.4) is 0 Å². The summed E-state index contributed by atoms with van der Waals surface area (Å²) in [6.45, 7) is 9.15. The Morgan fingerprint density at radius 2 is 2.06 bits per heavy atom. The van der Waals surface area contributed by atoms with E-state index in [9.17, 15) is 0 Å². The lowest BCUT2D eigenvalue weighted by atomic mass is 10.1. The number of hydrogen-bond donors (Lipinski definition) is 1. The van der Waals surface area contributed by atoms with Crippen molar-refractivity contribution in [1.82, 2.24) is 9.97 Å². The number of nitrogens with two attached hydrogens (primary N) is 1. The molecule has 0 amide bonds. The molecule has 0 bridgehead atoms. The largest absolute Gasteiger partial charge is 0.368 e. The molecule has 1 rings (SSSR count). The van der Waals surface area contributed by atoms with E-state index in [0.29, 0.717) is 13.2 Å². The summed E-state index contributed by atoms with van der Waals surface area (Å²) in [4.78, 5) is 8.93. The van der Waals surface area contributed by atoms with E-state index in [2.05, 4.69) is 9.97 Å². The number of nitrogens with zero attached hydrogens (tertiary/aromatic N) is 2. The van der Waals surface area contributed by atoms with E-state index in [0.717, 1.165) is 23.6 Å². The Balaban J connectivity index is 3.03. The van der Waals surface area contributed by atoms with E-state index in [1.807, 2.05) is 33.8 Å². The second-order valence-corrected chi connectivity index (χ2v) is 4.31. The molecule has 0 fully saturated rings. The van der Waals surface area contributed by atoms with E-state index < -0.39 is 5.60 Å². The van der Waals surface area contributed by atoms with Crippen molar-refractivity contribution >= 4 is 0 Å². The highest BCUT2D eigenvalue weighted by Crippen LogP contribution is 2.21. The van der Waals surface area contributed by atoms with Gasteiger partial charge in [-0.1, -0.05) is 0 Å². The molecule has 16 heavy (non-hydrogen) atoms. The van der Waals surface area contributed by atoms with Gasteiger partial charge in [0.15, 0.2) is 5.82 Å². The topological polar surface area (TPSA) is 61.0 Å². The lowest BCUT2D eigenvalue weighted by Gasteiger charge is -2.23. The Morgan fingerprint density at radius 3 is 2.62 bits per heavy atom. The molecule has 0 saturated heterocycles. The molecule has 0 saturated carbocycles. The SMILES string of the molecule is CCOC(C)(C)c1nc(C)cc(CCN)n1. The molecule has 0 aromatic carbocycles. The lowest BCUT2D eigenvalue weighted by Crippen LogP contribution is -2.26. The molecule has 0 aliphatic rings. The van der Waals surface area contributed by atoms with E-state index in [1.165, 1.54) is 0 Å². The summed E-state index contributed by atoms with van der Waals surface area (Å²) in [5, 5.41) is 0. The van der Waals surface area contributed by atoms with E-state index in [4.69, 9.17) is 10.5 Å². The first-order chi connectivity index (χ1) is 7.49. The van der Waals surface area contributed by atoms with Crippen molar-refractivity contribution in [2.45, 2.75) is 39.7 Å². The number of aromatic nitrogens is 2. The second-order valence-electron chi connectivity index (χ2n) is 4.31. The number of rotatable bonds is 5. The van der Waals surface area contributed by atoms with Gasteiger partial charge in [-0.25, -0.2) is 9.97 Å². The normalized spacial score (nSPS) is 11.8. The summed E-state index contributed by atoms with van der Waals surface area (Å²) in [5.41, 5.74) is 7.04. The third-order valence-corrected chi connectivity index (χ3v) is 2.35. The van der Waals surface area contributed by atoms with Crippen LogP contribution >= 0.6 is 0 Å². The molecule has 0 atom stereocenters. The molecule has 2 N–H and O–H groups in total. The van der Waals surface area contributed by atoms with Crippen molar-refractivity contribution in [3.63, 3.8) is 0 Å². The van der Waals surface area contributed by atoms with Crippen LogP contribution in [0.2, 0.25) is 0 Å². The van der Waals surface area contributed by atoms with Gasteiger partial charge in [0.2, 0.25) is 0 Å². The first kappa shape index (κ1) is 13.1. The van der Waals surface area contributed by atoms with Crippen molar-refractivity contribution < 1.29 is 4.74 Å². The highest BCUT2D eigenvalue weighted by Gasteiger charge is 2.24. The first-order valence-electron chi connectivity index (χ1n) is 5.68. The molecule has 4 nitrogen and oxygen atoms in total. The maximum atomic E-state index is 5.65. The minimum Gasteiger partial charge on any atom is -0.368 e. The van der Waals surface area contributed by atoms with Gasteiger partial charge in [0, 0.05) is 24.4 Å². The van der Waals surface area contributed by atoms with Crippen LogP contribution in [-0.2, 0) is 16.8 Å². The van der Waals surface area contributed by atoms with Crippen molar-refractivity contribution in [3.8, 4) is 0 Å². The molecule has 0 aliphatic carbocycles. The van der Waals surface area contributed by atoms with Gasteiger partial charge in [-0.2, -0.15) is 0 Å². The Hall–Kier alpha value is -1.00. The van der Waals surface area contributed by atoms with Gasteiger partial charge >= 0.3 is 0 Å². The van der Waals surface area contributed by atoms with Crippen LogP contribution in [0.15, 0.2) is 6.07 Å². The van der Waals surface area contributed by atoms with Crippen molar-refractivity contribution in [3.05, 3.63) is 23.3 Å². The third kappa shape index (κ3) is 3.25. The summed E-state index contributed by atoms with van der Waals surface area (Å²) in [6, 6.07) is 1.97. The van der Waals surface area contributed by atoms with Crippen molar-refractivity contribution in [1.29, 1.82) is 0 Å². The number of ether oxygens (including phenoxy) is 1. The molecule has 0 spiro atoms. The van der Waals surface area contributed by atoms with Crippen LogP contribution in [0, 0.1) is 6.92 Å². The molecular weight excluding hydrogens is 202 g/mol. The monoisotopic (exact) mass is 223 g/mol. The molecule has 90 valence electrons. The van der Waals surface area contributed by atoms with E-state index in [1.54, 1.807) is 0 Å². The van der Waals surface area contributed by atoms with E-state index >= 15 is 0 Å². The van der Waals surface area contributed by atoms with Crippen LogP contribution in [0.4, 0.5) is 0 Å². The molecule has 1 aromatic heterocycles. The lowest BCUT2D eigenvalue weighted by molar-refractivity contribution is -0.0210. The Bertz CT molecular complexity index is 350. The predicted molar refractivity (Wildman–Crippen MR) is 64.2 cm³/mol. The minimum absolute atomic E-state index is 0.440. The van der Waals surface area contributed by atoms with Crippen LogP contribution < -0.4 is 5.73 Å². The molecule has 4 heteroatoms. The highest BCUT2D eigenvalue weighted by molar-refractivity contribution is 5.13. The smallest absolute Gasteiger partial charge is 0.160 e. The quantitative estimate of drug-likeness (QED) is 0.823.